The Morgan fingerprint density at radius 2 is 2.00 bits per heavy atom. The van der Waals surface area contributed by atoms with E-state index in [-0.39, 0.29) is 6.04 Å². The highest BCUT2D eigenvalue weighted by atomic mass is 19.2. The molecule has 1 unspecified atom stereocenters. The maximum absolute atomic E-state index is 13.4. The maximum Gasteiger partial charge on any atom is 0.161 e. The Kier molecular flexibility index (Phi) is 3.90. The lowest BCUT2D eigenvalue weighted by Gasteiger charge is -2.23. The highest BCUT2D eigenvalue weighted by Gasteiger charge is 2.13. The normalized spacial score (nSPS) is 12.7. The zero-order chi connectivity index (χ0) is 14.0. The maximum atomic E-state index is 13.4. The predicted octanol–water partition coefficient (Wildman–Crippen LogP) is 1.95. The van der Waals surface area contributed by atoms with E-state index in [1.54, 1.807) is 6.20 Å². The molecule has 19 heavy (non-hydrogen) atoms. The highest BCUT2D eigenvalue weighted by molar-refractivity contribution is 5.90. The first-order valence-electron chi connectivity index (χ1n) is 6.01. The summed E-state index contributed by atoms with van der Waals surface area (Å²) in [5.74, 6) is -1.79. The number of nitrogens with zero attached hydrogens (tertiary/aromatic N) is 3. The van der Waals surface area contributed by atoms with E-state index in [9.17, 15) is 8.78 Å². The molecule has 0 saturated heterocycles. The van der Waals surface area contributed by atoms with Gasteiger partial charge in [-0.2, -0.15) is 10.2 Å². The minimum atomic E-state index is -0.912. The van der Waals surface area contributed by atoms with Gasteiger partial charge in [0, 0.05) is 31.1 Å². The third kappa shape index (κ3) is 2.78. The number of benzene rings is 1. The van der Waals surface area contributed by atoms with E-state index in [2.05, 4.69) is 15.5 Å². The van der Waals surface area contributed by atoms with Gasteiger partial charge in [-0.1, -0.05) is 0 Å². The molecule has 1 heterocycles. The molecule has 0 aliphatic heterocycles. The molecule has 1 atom stereocenters. The molecule has 0 fully saturated rings. The van der Waals surface area contributed by atoms with Crippen molar-refractivity contribution in [3.8, 4) is 0 Å². The molecular weight excluding hydrogens is 250 g/mol. The standard InChI is InChI=1S/C13H16F2N4/c1-8(16-2)7-19(3)13-6-17-18-12-5-11(15)10(14)4-9(12)13/h4-6,8,16H,7H2,1-3H3. The number of hydrogen-bond acceptors (Lipinski definition) is 4. The van der Waals surface area contributed by atoms with Crippen molar-refractivity contribution in [1.29, 1.82) is 0 Å². The Morgan fingerprint density at radius 1 is 1.32 bits per heavy atom. The van der Waals surface area contributed by atoms with Gasteiger partial charge in [-0.15, -0.1) is 0 Å². The fourth-order valence-corrected chi connectivity index (χ4v) is 1.94. The molecular formula is C13H16F2N4. The predicted molar refractivity (Wildman–Crippen MR) is 71.2 cm³/mol. The second-order valence-electron chi connectivity index (χ2n) is 4.58. The number of halogens is 2. The van der Waals surface area contributed by atoms with Crippen LogP contribution in [0.4, 0.5) is 14.5 Å². The molecule has 6 heteroatoms. The Bertz CT molecular complexity index is 588. The van der Waals surface area contributed by atoms with Crippen LogP contribution < -0.4 is 10.2 Å². The molecule has 0 spiro atoms. The van der Waals surface area contributed by atoms with Crippen molar-refractivity contribution in [1.82, 2.24) is 15.5 Å². The van der Waals surface area contributed by atoms with Crippen molar-refractivity contribution in [2.24, 2.45) is 0 Å². The number of anilines is 1. The van der Waals surface area contributed by atoms with Gasteiger partial charge in [0.05, 0.1) is 17.4 Å². The number of rotatable bonds is 4. The first-order valence-corrected chi connectivity index (χ1v) is 6.01. The van der Waals surface area contributed by atoms with Gasteiger partial charge in [-0.25, -0.2) is 8.78 Å². The molecule has 1 N–H and O–H groups in total. The van der Waals surface area contributed by atoms with Crippen molar-refractivity contribution in [2.75, 3.05) is 25.5 Å². The third-order valence-corrected chi connectivity index (χ3v) is 3.11. The summed E-state index contributed by atoms with van der Waals surface area (Å²) in [5, 5.41) is 11.3. The van der Waals surface area contributed by atoms with E-state index in [1.165, 1.54) is 0 Å². The monoisotopic (exact) mass is 266 g/mol. The van der Waals surface area contributed by atoms with Crippen LogP contribution in [-0.2, 0) is 0 Å². The van der Waals surface area contributed by atoms with E-state index in [1.807, 2.05) is 25.9 Å². The van der Waals surface area contributed by atoms with Gasteiger partial charge in [0.15, 0.2) is 11.6 Å². The molecule has 1 aromatic carbocycles. The molecule has 0 aliphatic rings. The zero-order valence-corrected chi connectivity index (χ0v) is 11.1. The molecule has 0 aliphatic carbocycles. The second-order valence-corrected chi connectivity index (χ2v) is 4.58. The molecule has 0 radical (unpaired) electrons. The lowest BCUT2D eigenvalue weighted by molar-refractivity contribution is 0.510. The number of fused-ring (bicyclic) bond motifs is 1. The third-order valence-electron chi connectivity index (χ3n) is 3.11. The summed E-state index contributed by atoms with van der Waals surface area (Å²) in [4.78, 5) is 1.94. The topological polar surface area (TPSA) is 41.0 Å². The van der Waals surface area contributed by atoms with Gasteiger partial charge in [-0.05, 0) is 20.0 Å². The van der Waals surface area contributed by atoms with Crippen molar-refractivity contribution < 1.29 is 8.78 Å². The molecule has 2 aromatic rings. The molecule has 4 nitrogen and oxygen atoms in total. The Labute approximate surface area is 110 Å². The van der Waals surface area contributed by atoms with Gasteiger partial charge in [0.1, 0.15) is 0 Å². The minimum Gasteiger partial charge on any atom is -0.371 e. The fraction of sp³-hybridized carbons (Fsp3) is 0.385. The zero-order valence-electron chi connectivity index (χ0n) is 11.1. The number of hydrogen-bond donors (Lipinski definition) is 1. The van der Waals surface area contributed by atoms with Gasteiger partial charge >= 0.3 is 0 Å². The van der Waals surface area contributed by atoms with Gasteiger partial charge in [0.25, 0.3) is 0 Å². The Hall–Kier alpha value is -1.82. The van der Waals surface area contributed by atoms with Gasteiger partial charge < -0.3 is 10.2 Å². The number of likely N-dealkylation sites (N-methyl/N-ethyl adjacent to an activating group) is 2. The molecule has 0 bridgehead atoms. The summed E-state index contributed by atoms with van der Waals surface area (Å²) >= 11 is 0. The minimum absolute atomic E-state index is 0.263. The number of aromatic nitrogens is 2. The lowest BCUT2D eigenvalue weighted by atomic mass is 10.1. The summed E-state index contributed by atoms with van der Waals surface area (Å²) < 4.78 is 26.5. The average Bonchev–Trinajstić information content (AvgIpc) is 2.39. The van der Waals surface area contributed by atoms with E-state index in [0.717, 1.165) is 24.4 Å². The lowest BCUT2D eigenvalue weighted by Crippen LogP contribution is -2.35. The molecule has 2 rings (SSSR count). The van der Waals surface area contributed by atoms with E-state index in [0.29, 0.717) is 10.9 Å². The highest BCUT2D eigenvalue weighted by Crippen LogP contribution is 2.25. The van der Waals surface area contributed by atoms with Crippen LogP contribution in [0.15, 0.2) is 18.3 Å². The summed E-state index contributed by atoms with van der Waals surface area (Å²) in [5.41, 5.74) is 1.08. The van der Waals surface area contributed by atoms with Gasteiger partial charge in [-0.3, -0.25) is 0 Å². The van der Waals surface area contributed by atoms with Crippen LogP contribution in [0.5, 0.6) is 0 Å². The van der Waals surface area contributed by atoms with Crippen LogP contribution in [0.3, 0.4) is 0 Å². The van der Waals surface area contributed by atoms with E-state index >= 15 is 0 Å². The summed E-state index contributed by atoms with van der Waals surface area (Å²) in [6.07, 6.45) is 1.56. The van der Waals surface area contributed by atoms with Crippen LogP contribution in [0.2, 0.25) is 0 Å². The van der Waals surface area contributed by atoms with Crippen molar-refractivity contribution in [3.05, 3.63) is 30.0 Å². The Morgan fingerprint density at radius 3 is 2.68 bits per heavy atom. The van der Waals surface area contributed by atoms with E-state index < -0.39 is 11.6 Å². The average molecular weight is 266 g/mol. The van der Waals surface area contributed by atoms with Crippen LogP contribution in [-0.4, -0.2) is 36.9 Å². The second kappa shape index (κ2) is 5.44. The van der Waals surface area contributed by atoms with Gasteiger partial charge in [0.2, 0.25) is 0 Å². The largest absolute Gasteiger partial charge is 0.371 e. The molecule has 1 aromatic heterocycles. The molecule has 102 valence electrons. The summed E-state index contributed by atoms with van der Waals surface area (Å²) in [6.45, 7) is 2.75. The summed E-state index contributed by atoms with van der Waals surface area (Å²) in [6, 6.07) is 2.49. The van der Waals surface area contributed by atoms with Crippen LogP contribution in [0.1, 0.15) is 6.92 Å². The SMILES string of the molecule is CNC(C)CN(C)c1cnnc2cc(F)c(F)cc12. The summed E-state index contributed by atoms with van der Waals surface area (Å²) in [7, 11) is 3.75. The van der Waals surface area contributed by atoms with Crippen molar-refractivity contribution in [2.45, 2.75) is 13.0 Å². The number of nitrogens with one attached hydrogen (secondary N) is 1. The van der Waals surface area contributed by atoms with Crippen molar-refractivity contribution in [3.63, 3.8) is 0 Å². The quantitative estimate of drug-likeness (QED) is 0.918. The molecule has 0 amide bonds. The Balaban J connectivity index is 2.45. The fourth-order valence-electron chi connectivity index (χ4n) is 1.94. The smallest absolute Gasteiger partial charge is 0.161 e. The van der Waals surface area contributed by atoms with Crippen molar-refractivity contribution >= 4 is 16.6 Å². The van der Waals surface area contributed by atoms with Crippen LogP contribution >= 0.6 is 0 Å². The molecule has 0 saturated carbocycles. The first kappa shape index (κ1) is 13.6. The van der Waals surface area contributed by atoms with Crippen LogP contribution in [0.25, 0.3) is 10.9 Å². The van der Waals surface area contributed by atoms with E-state index in [4.69, 9.17) is 0 Å². The van der Waals surface area contributed by atoms with Crippen LogP contribution in [0, 0.1) is 11.6 Å². The first-order chi connectivity index (χ1) is 9.02.